The third kappa shape index (κ3) is 3.62. The molecule has 18 heavy (non-hydrogen) atoms. The van der Waals surface area contributed by atoms with E-state index in [0.717, 1.165) is 0 Å². The van der Waals surface area contributed by atoms with Crippen molar-refractivity contribution in [2.75, 3.05) is 25.9 Å². The van der Waals surface area contributed by atoms with Crippen molar-refractivity contribution < 1.29 is 9.84 Å². The number of nitrogen functional groups attached to an aromatic ring is 1. The van der Waals surface area contributed by atoms with E-state index >= 15 is 0 Å². The number of hydrogen-bond donors (Lipinski definition) is 2. The van der Waals surface area contributed by atoms with Crippen molar-refractivity contribution in [3.05, 3.63) is 24.3 Å². The molecule has 2 rings (SSSR count). The van der Waals surface area contributed by atoms with Gasteiger partial charge >= 0.3 is 0 Å². The Kier molecular flexibility index (Phi) is 4.44. The van der Waals surface area contributed by atoms with Gasteiger partial charge < -0.3 is 20.5 Å². The lowest BCUT2D eigenvalue weighted by Crippen LogP contribution is -2.42. The summed E-state index contributed by atoms with van der Waals surface area (Å²) < 4.78 is 5.52. The zero-order valence-corrected chi connectivity index (χ0v) is 10.9. The van der Waals surface area contributed by atoms with Gasteiger partial charge in [0, 0.05) is 24.3 Å². The first-order chi connectivity index (χ1) is 8.65. The first-order valence-electron chi connectivity index (χ1n) is 6.52. The minimum absolute atomic E-state index is 0.306. The number of likely N-dealkylation sites (N-methyl/N-ethyl adjacent to an activating group) is 1. The molecule has 1 aromatic carbocycles. The average Bonchev–Trinajstić information content (AvgIpc) is 2.24. The summed E-state index contributed by atoms with van der Waals surface area (Å²) in [6, 6.07) is 7.92. The molecule has 0 radical (unpaired) electrons. The second kappa shape index (κ2) is 6.07. The van der Waals surface area contributed by atoms with E-state index in [0.29, 0.717) is 30.6 Å². The standard InChI is InChI=1S/C14H22N2O2/c1-16(12-5-3-6-12)9-13(17)10-18-14-7-2-4-11(15)8-14/h2,4,7-8,12-13,17H,3,5-6,9-10,15H2,1H3. The number of aliphatic hydroxyl groups is 1. The van der Waals surface area contributed by atoms with Gasteiger partial charge in [-0.05, 0) is 32.0 Å². The van der Waals surface area contributed by atoms with E-state index in [2.05, 4.69) is 11.9 Å². The highest BCUT2D eigenvalue weighted by Crippen LogP contribution is 2.23. The Labute approximate surface area is 108 Å². The van der Waals surface area contributed by atoms with Crippen LogP contribution in [0.5, 0.6) is 5.75 Å². The number of nitrogens with two attached hydrogens (primary N) is 1. The number of ether oxygens (including phenoxy) is 1. The van der Waals surface area contributed by atoms with Crippen LogP contribution in [0.25, 0.3) is 0 Å². The van der Waals surface area contributed by atoms with Crippen LogP contribution in [0.2, 0.25) is 0 Å². The normalized spacial score (nSPS) is 17.5. The van der Waals surface area contributed by atoms with E-state index < -0.39 is 6.10 Å². The second-order valence-corrected chi connectivity index (χ2v) is 5.06. The molecule has 1 unspecified atom stereocenters. The van der Waals surface area contributed by atoms with Crippen molar-refractivity contribution in [2.45, 2.75) is 31.4 Å². The summed E-state index contributed by atoms with van der Waals surface area (Å²) in [5.74, 6) is 0.709. The topological polar surface area (TPSA) is 58.7 Å². The molecule has 0 heterocycles. The van der Waals surface area contributed by atoms with E-state index in [1.54, 1.807) is 6.07 Å². The molecule has 4 nitrogen and oxygen atoms in total. The fourth-order valence-electron chi connectivity index (χ4n) is 2.16. The lowest BCUT2D eigenvalue weighted by atomic mass is 9.92. The maximum absolute atomic E-state index is 9.92. The summed E-state index contributed by atoms with van der Waals surface area (Å²) in [6.45, 7) is 0.966. The molecule has 0 spiro atoms. The van der Waals surface area contributed by atoms with Crippen molar-refractivity contribution in [3.8, 4) is 5.75 Å². The van der Waals surface area contributed by atoms with Crippen LogP contribution in [0.4, 0.5) is 5.69 Å². The monoisotopic (exact) mass is 250 g/mol. The molecule has 0 amide bonds. The van der Waals surface area contributed by atoms with E-state index in [9.17, 15) is 5.11 Å². The summed E-state index contributed by atoms with van der Waals surface area (Å²) in [4.78, 5) is 2.22. The van der Waals surface area contributed by atoms with E-state index in [-0.39, 0.29) is 0 Å². The lowest BCUT2D eigenvalue weighted by Gasteiger charge is -2.35. The molecule has 1 atom stereocenters. The Balaban J connectivity index is 1.72. The molecule has 1 aliphatic rings. The van der Waals surface area contributed by atoms with Crippen molar-refractivity contribution >= 4 is 5.69 Å². The molecule has 100 valence electrons. The molecule has 1 aromatic rings. The number of rotatable bonds is 6. The maximum Gasteiger partial charge on any atom is 0.121 e. The van der Waals surface area contributed by atoms with E-state index in [4.69, 9.17) is 10.5 Å². The van der Waals surface area contributed by atoms with Gasteiger partial charge in [-0.15, -0.1) is 0 Å². The summed E-state index contributed by atoms with van der Waals surface area (Å²) in [7, 11) is 2.06. The van der Waals surface area contributed by atoms with Gasteiger partial charge in [-0.25, -0.2) is 0 Å². The van der Waals surface area contributed by atoms with Crippen molar-refractivity contribution in [1.82, 2.24) is 4.90 Å². The highest BCUT2D eigenvalue weighted by molar-refractivity contribution is 5.43. The SMILES string of the molecule is CN(CC(O)COc1cccc(N)c1)C1CCC1. The van der Waals surface area contributed by atoms with Gasteiger partial charge in [0.1, 0.15) is 18.5 Å². The summed E-state index contributed by atoms with van der Waals surface area (Å²) >= 11 is 0. The zero-order chi connectivity index (χ0) is 13.0. The van der Waals surface area contributed by atoms with Crippen LogP contribution in [0, 0.1) is 0 Å². The van der Waals surface area contributed by atoms with Crippen LogP contribution in [0.15, 0.2) is 24.3 Å². The molecule has 1 fully saturated rings. The van der Waals surface area contributed by atoms with Crippen molar-refractivity contribution in [2.24, 2.45) is 0 Å². The predicted octanol–water partition coefficient (Wildman–Crippen LogP) is 1.49. The third-order valence-corrected chi connectivity index (χ3v) is 3.50. The Hall–Kier alpha value is -1.26. The Morgan fingerprint density at radius 1 is 1.50 bits per heavy atom. The lowest BCUT2D eigenvalue weighted by molar-refractivity contribution is 0.0476. The van der Waals surface area contributed by atoms with Gasteiger partial charge in [-0.2, -0.15) is 0 Å². The number of aliphatic hydroxyl groups excluding tert-OH is 1. The number of hydrogen-bond acceptors (Lipinski definition) is 4. The van der Waals surface area contributed by atoms with Gasteiger partial charge in [-0.1, -0.05) is 12.5 Å². The molecule has 0 bridgehead atoms. The van der Waals surface area contributed by atoms with Crippen LogP contribution in [0.1, 0.15) is 19.3 Å². The van der Waals surface area contributed by atoms with Crippen LogP contribution in [-0.4, -0.2) is 42.4 Å². The molecule has 0 saturated heterocycles. The third-order valence-electron chi connectivity index (χ3n) is 3.50. The number of nitrogens with zero attached hydrogens (tertiary/aromatic N) is 1. The van der Waals surface area contributed by atoms with Gasteiger partial charge in [0.05, 0.1) is 0 Å². The largest absolute Gasteiger partial charge is 0.491 e. The van der Waals surface area contributed by atoms with Gasteiger partial charge in [0.25, 0.3) is 0 Å². The average molecular weight is 250 g/mol. The molecular formula is C14H22N2O2. The van der Waals surface area contributed by atoms with Crippen LogP contribution in [-0.2, 0) is 0 Å². The van der Waals surface area contributed by atoms with Crippen LogP contribution < -0.4 is 10.5 Å². The predicted molar refractivity (Wildman–Crippen MR) is 72.6 cm³/mol. The number of benzene rings is 1. The summed E-state index contributed by atoms with van der Waals surface area (Å²) in [6.07, 6.45) is 3.35. The molecule has 3 N–H and O–H groups in total. The Morgan fingerprint density at radius 2 is 2.28 bits per heavy atom. The fourth-order valence-corrected chi connectivity index (χ4v) is 2.16. The Morgan fingerprint density at radius 3 is 2.89 bits per heavy atom. The van der Waals surface area contributed by atoms with E-state index in [1.165, 1.54) is 19.3 Å². The maximum atomic E-state index is 9.92. The Bertz CT molecular complexity index is 380. The van der Waals surface area contributed by atoms with Crippen LogP contribution >= 0.6 is 0 Å². The minimum atomic E-state index is -0.461. The highest BCUT2D eigenvalue weighted by atomic mass is 16.5. The fraction of sp³-hybridized carbons (Fsp3) is 0.571. The minimum Gasteiger partial charge on any atom is -0.491 e. The molecule has 1 aliphatic carbocycles. The second-order valence-electron chi connectivity index (χ2n) is 5.06. The molecule has 0 aromatic heterocycles. The van der Waals surface area contributed by atoms with Gasteiger partial charge in [-0.3, -0.25) is 0 Å². The molecule has 0 aliphatic heterocycles. The van der Waals surface area contributed by atoms with Crippen molar-refractivity contribution in [3.63, 3.8) is 0 Å². The smallest absolute Gasteiger partial charge is 0.121 e. The molecular weight excluding hydrogens is 228 g/mol. The van der Waals surface area contributed by atoms with Gasteiger partial charge in [0.2, 0.25) is 0 Å². The summed E-state index contributed by atoms with van der Waals surface area (Å²) in [5.41, 5.74) is 6.33. The first-order valence-corrected chi connectivity index (χ1v) is 6.52. The van der Waals surface area contributed by atoms with Crippen LogP contribution in [0.3, 0.4) is 0 Å². The highest BCUT2D eigenvalue weighted by Gasteiger charge is 2.23. The molecule has 1 saturated carbocycles. The summed E-state index contributed by atoms with van der Waals surface area (Å²) in [5, 5.41) is 9.92. The van der Waals surface area contributed by atoms with Crippen molar-refractivity contribution in [1.29, 1.82) is 0 Å². The number of anilines is 1. The first kappa shape index (κ1) is 13.2. The van der Waals surface area contributed by atoms with E-state index in [1.807, 2.05) is 18.2 Å². The van der Waals surface area contributed by atoms with Gasteiger partial charge in [0.15, 0.2) is 0 Å². The zero-order valence-electron chi connectivity index (χ0n) is 10.9. The quantitative estimate of drug-likeness (QED) is 0.751. The molecule has 4 heteroatoms.